The first-order valence-corrected chi connectivity index (χ1v) is 11.2. The smallest absolute Gasteiger partial charge is 0.507 e. The number of carbonyl (C=O) groups excluding carboxylic acids is 3. The van der Waals surface area contributed by atoms with Crippen LogP contribution in [0.1, 0.15) is 48.7 Å². The SMILES string of the molecule is CC(C)C[C@H](CC(=O)CNC(=O)c1cc(Br)ccc1F)B1OC(=O)C(c2ccccc2)O1. The molecule has 2 atom stereocenters. The van der Waals surface area contributed by atoms with Crippen molar-refractivity contribution in [2.45, 2.75) is 38.6 Å². The van der Waals surface area contributed by atoms with E-state index < -0.39 is 30.9 Å². The first-order valence-electron chi connectivity index (χ1n) is 10.4. The number of ketones is 1. The summed E-state index contributed by atoms with van der Waals surface area (Å²) in [5, 5.41) is 2.46. The summed E-state index contributed by atoms with van der Waals surface area (Å²) in [5.74, 6) is -2.22. The summed E-state index contributed by atoms with van der Waals surface area (Å²) in [7, 11) is -0.850. The molecule has 1 N–H and O–H groups in total. The average molecular weight is 504 g/mol. The lowest BCUT2D eigenvalue weighted by Gasteiger charge is -2.19. The lowest BCUT2D eigenvalue weighted by molar-refractivity contribution is -0.136. The summed E-state index contributed by atoms with van der Waals surface area (Å²) in [5.41, 5.74) is 0.544. The van der Waals surface area contributed by atoms with Crippen molar-refractivity contribution in [1.29, 1.82) is 0 Å². The van der Waals surface area contributed by atoms with E-state index in [0.717, 1.165) is 0 Å². The topological polar surface area (TPSA) is 81.7 Å². The molecule has 1 heterocycles. The Labute approximate surface area is 195 Å². The van der Waals surface area contributed by atoms with Crippen molar-refractivity contribution < 1.29 is 28.1 Å². The Hall–Kier alpha value is -2.52. The molecule has 1 fully saturated rings. The second-order valence-corrected chi connectivity index (χ2v) is 9.09. The summed E-state index contributed by atoms with van der Waals surface area (Å²) < 4.78 is 25.8. The second kappa shape index (κ2) is 10.9. The van der Waals surface area contributed by atoms with Gasteiger partial charge in [-0.3, -0.25) is 14.4 Å². The van der Waals surface area contributed by atoms with E-state index in [-0.39, 0.29) is 36.0 Å². The van der Waals surface area contributed by atoms with Crippen LogP contribution in [0, 0.1) is 11.7 Å². The number of nitrogens with one attached hydrogen (secondary N) is 1. The normalized spacial score (nSPS) is 16.7. The van der Waals surface area contributed by atoms with Gasteiger partial charge in [0.15, 0.2) is 11.9 Å². The molecule has 1 aliphatic rings. The van der Waals surface area contributed by atoms with Crippen molar-refractivity contribution in [1.82, 2.24) is 5.32 Å². The Bertz CT molecular complexity index is 988. The number of halogens is 2. The largest absolute Gasteiger partial charge is 0.531 e. The minimum absolute atomic E-state index is 0.0544. The standard InChI is InChI=1S/C23H24BBrFNO5/c1-14(2)10-16(24-31-21(23(30)32-24)15-6-4-3-5-7-15)11-18(28)13-27-22(29)19-12-17(25)8-9-20(19)26/h3-9,12,14,16,21H,10-11,13H2,1-2H3,(H,27,29)/t16-,21?/m1/s1. The number of Topliss-reactive ketones (excluding diaryl/α,β-unsaturated/α-hetero) is 1. The summed E-state index contributed by atoms with van der Waals surface area (Å²) in [6.07, 6.45) is -0.177. The minimum Gasteiger partial charge on any atom is -0.507 e. The molecule has 0 saturated carbocycles. The molecule has 32 heavy (non-hydrogen) atoms. The molecular formula is C23H24BBrFNO5. The lowest BCUT2D eigenvalue weighted by atomic mass is 9.65. The zero-order valence-corrected chi connectivity index (χ0v) is 19.4. The van der Waals surface area contributed by atoms with Gasteiger partial charge in [-0.2, -0.15) is 0 Å². The van der Waals surface area contributed by atoms with Crippen molar-refractivity contribution in [3.63, 3.8) is 0 Å². The third-order valence-corrected chi connectivity index (χ3v) is 5.58. The van der Waals surface area contributed by atoms with Crippen LogP contribution in [0.5, 0.6) is 0 Å². The predicted octanol–water partition coefficient (Wildman–Crippen LogP) is 4.50. The predicted molar refractivity (Wildman–Crippen MR) is 121 cm³/mol. The Morgan fingerprint density at radius 2 is 1.91 bits per heavy atom. The number of rotatable bonds is 9. The molecule has 0 radical (unpaired) electrons. The van der Waals surface area contributed by atoms with Gasteiger partial charge in [0.2, 0.25) is 0 Å². The molecule has 0 aromatic heterocycles. The Morgan fingerprint density at radius 3 is 2.59 bits per heavy atom. The van der Waals surface area contributed by atoms with Crippen LogP contribution < -0.4 is 5.32 Å². The van der Waals surface area contributed by atoms with Gasteiger partial charge >= 0.3 is 13.1 Å². The molecule has 2 aromatic carbocycles. The number of benzene rings is 2. The molecule has 2 aromatic rings. The van der Waals surface area contributed by atoms with Gasteiger partial charge in [0, 0.05) is 16.7 Å². The molecule has 1 aliphatic heterocycles. The Morgan fingerprint density at radius 1 is 1.19 bits per heavy atom. The van der Waals surface area contributed by atoms with Crippen LogP contribution >= 0.6 is 15.9 Å². The fraction of sp³-hybridized carbons (Fsp3) is 0.348. The van der Waals surface area contributed by atoms with Gasteiger partial charge in [0.25, 0.3) is 5.91 Å². The fourth-order valence-electron chi connectivity index (χ4n) is 3.65. The molecule has 0 spiro atoms. The summed E-state index contributed by atoms with van der Waals surface area (Å²) in [6.45, 7) is 3.74. The molecule has 6 nitrogen and oxygen atoms in total. The Balaban J connectivity index is 1.61. The first-order chi connectivity index (χ1) is 15.2. The van der Waals surface area contributed by atoms with E-state index >= 15 is 0 Å². The van der Waals surface area contributed by atoms with Crippen molar-refractivity contribution in [2.75, 3.05) is 6.54 Å². The van der Waals surface area contributed by atoms with E-state index in [1.165, 1.54) is 18.2 Å². The number of hydrogen-bond donors (Lipinski definition) is 1. The Kier molecular flexibility index (Phi) is 8.20. The van der Waals surface area contributed by atoms with E-state index in [1.54, 1.807) is 12.1 Å². The van der Waals surface area contributed by atoms with E-state index in [2.05, 4.69) is 21.2 Å². The number of hydrogen-bond acceptors (Lipinski definition) is 5. The van der Waals surface area contributed by atoms with Gasteiger partial charge < -0.3 is 14.6 Å². The van der Waals surface area contributed by atoms with Crippen molar-refractivity contribution >= 4 is 40.7 Å². The lowest BCUT2D eigenvalue weighted by Crippen LogP contribution is -2.33. The summed E-state index contributed by atoms with van der Waals surface area (Å²) in [6, 6.07) is 13.0. The number of carbonyl (C=O) groups is 3. The van der Waals surface area contributed by atoms with Gasteiger partial charge in [-0.15, -0.1) is 0 Å². The zero-order valence-electron chi connectivity index (χ0n) is 17.8. The third kappa shape index (κ3) is 6.26. The van der Waals surface area contributed by atoms with Gasteiger partial charge in [0.05, 0.1) is 12.1 Å². The summed E-state index contributed by atoms with van der Waals surface area (Å²) in [4.78, 5) is 37.2. The number of amides is 1. The van der Waals surface area contributed by atoms with Crippen LogP contribution in [0.15, 0.2) is 53.0 Å². The van der Waals surface area contributed by atoms with Crippen LogP contribution in [0.4, 0.5) is 4.39 Å². The van der Waals surface area contributed by atoms with Gasteiger partial charge in [-0.1, -0.05) is 60.1 Å². The molecule has 1 unspecified atom stereocenters. The highest BCUT2D eigenvalue weighted by Crippen LogP contribution is 2.35. The first kappa shape index (κ1) is 24.1. The maximum atomic E-state index is 13.9. The molecule has 0 bridgehead atoms. The highest BCUT2D eigenvalue weighted by molar-refractivity contribution is 9.10. The van der Waals surface area contributed by atoms with Gasteiger partial charge in [-0.05, 0) is 36.1 Å². The molecule has 9 heteroatoms. The van der Waals surface area contributed by atoms with Crippen LogP contribution in [0.25, 0.3) is 0 Å². The van der Waals surface area contributed by atoms with Crippen molar-refractivity contribution in [3.8, 4) is 0 Å². The zero-order chi connectivity index (χ0) is 23.3. The van der Waals surface area contributed by atoms with Crippen LogP contribution in [-0.4, -0.2) is 31.3 Å². The van der Waals surface area contributed by atoms with E-state index in [4.69, 9.17) is 9.31 Å². The molecule has 0 aliphatic carbocycles. The molecule has 1 saturated heterocycles. The van der Waals surface area contributed by atoms with Gasteiger partial charge in [0.1, 0.15) is 5.82 Å². The third-order valence-electron chi connectivity index (χ3n) is 5.09. The second-order valence-electron chi connectivity index (χ2n) is 8.17. The van der Waals surface area contributed by atoms with E-state index in [0.29, 0.717) is 16.5 Å². The highest BCUT2D eigenvalue weighted by atomic mass is 79.9. The quantitative estimate of drug-likeness (QED) is 0.509. The molecular weight excluding hydrogens is 480 g/mol. The van der Waals surface area contributed by atoms with Crippen LogP contribution in [0.2, 0.25) is 5.82 Å². The average Bonchev–Trinajstić information content (AvgIpc) is 3.15. The molecule has 3 rings (SSSR count). The van der Waals surface area contributed by atoms with Gasteiger partial charge in [-0.25, -0.2) is 4.39 Å². The highest BCUT2D eigenvalue weighted by Gasteiger charge is 2.46. The maximum absolute atomic E-state index is 13.9. The molecule has 1 amide bonds. The monoisotopic (exact) mass is 503 g/mol. The van der Waals surface area contributed by atoms with E-state index in [1.807, 2.05) is 32.0 Å². The van der Waals surface area contributed by atoms with Crippen LogP contribution in [0.3, 0.4) is 0 Å². The van der Waals surface area contributed by atoms with Crippen LogP contribution in [-0.2, 0) is 18.9 Å². The van der Waals surface area contributed by atoms with E-state index in [9.17, 15) is 18.8 Å². The van der Waals surface area contributed by atoms with Crippen molar-refractivity contribution in [3.05, 3.63) is 69.9 Å². The maximum Gasteiger partial charge on any atom is 0.531 e. The minimum atomic E-state index is -0.850. The fourth-order valence-corrected chi connectivity index (χ4v) is 4.01. The molecule has 168 valence electrons. The van der Waals surface area contributed by atoms with Crippen molar-refractivity contribution in [2.24, 2.45) is 5.92 Å². The summed E-state index contributed by atoms with van der Waals surface area (Å²) >= 11 is 3.20.